The minimum atomic E-state index is 0.216. The third-order valence-corrected chi connectivity index (χ3v) is 4.65. The molecule has 1 saturated heterocycles. The predicted octanol–water partition coefficient (Wildman–Crippen LogP) is 3.75. The van der Waals surface area contributed by atoms with E-state index in [1.165, 1.54) is 12.8 Å². The molecule has 2 atom stereocenters. The Hall–Kier alpha value is -0.770. The van der Waals surface area contributed by atoms with Gasteiger partial charge in [0.1, 0.15) is 0 Å². The van der Waals surface area contributed by atoms with Gasteiger partial charge in [0.05, 0.1) is 12.6 Å². The second-order valence-corrected chi connectivity index (χ2v) is 6.31. The Morgan fingerprint density at radius 2 is 2.24 bits per heavy atom. The summed E-state index contributed by atoms with van der Waals surface area (Å²) in [5, 5.41) is 13.8. The van der Waals surface area contributed by atoms with Gasteiger partial charge in [0.2, 0.25) is 0 Å². The van der Waals surface area contributed by atoms with Crippen LogP contribution in [0.5, 0.6) is 0 Å². The van der Waals surface area contributed by atoms with Gasteiger partial charge in [-0.2, -0.15) is 0 Å². The number of nitrogens with zero attached hydrogens (tertiary/aromatic N) is 1. The topological polar surface area (TPSA) is 35.5 Å². The highest BCUT2D eigenvalue weighted by Crippen LogP contribution is 2.31. The summed E-state index contributed by atoms with van der Waals surface area (Å²) in [6.45, 7) is 6.53. The molecular formula is C17H27ClN2O. The average Bonchev–Trinajstić information content (AvgIpc) is 2.52. The SMILES string of the molecule is CCCNC(C)c1ccc(N2CCCCC2CO)cc1Cl. The van der Waals surface area contributed by atoms with Crippen LogP contribution in [0.4, 0.5) is 5.69 Å². The molecule has 4 heteroatoms. The van der Waals surface area contributed by atoms with Crippen molar-refractivity contribution in [1.29, 1.82) is 0 Å². The molecule has 2 N–H and O–H groups in total. The van der Waals surface area contributed by atoms with Crippen LogP contribution in [0.25, 0.3) is 0 Å². The van der Waals surface area contributed by atoms with E-state index < -0.39 is 0 Å². The van der Waals surface area contributed by atoms with Crippen molar-refractivity contribution in [3.05, 3.63) is 28.8 Å². The van der Waals surface area contributed by atoms with Crippen LogP contribution < -0.4 is 10.2 Å². The molecule has 0 amide bonds. The molecule has 2 unspecified atom stereocenters. The monoisotopic (exact) mass is 310 g/mol. The van der Waals surface area contributed by atoms with E-state index in [9.17, 15) is 5.11 Å². The number of halogens is 1. The van der Waals surface area contributed by atoms with Crippen LogP contribution in [0.3, 0.4) is 0 Å². The third-order valence-electron chi connectivity index (χ3n) is 4.32. The van der Waals surface area contributed by atoms with Crippen molar-refractivity contribution in [2.75, 3.05) is 24.6 Å². The van der Waals surface area contributed by atoms with Crippen molar-refractivity contribution in [2.24, 2.45) is 0 Å². The number of rotatable bonds is 6. The number of piperidine rings is 1. The van der Waals surface area contributed by atoms with Gasteiger partial charge in [-0.15, -0.1) is 0 Å². The lowest BCUT2D eigenvalue weighted by Gasteiger charge is -2.36. The zero-order valence-corrected chi connectivity index (χ0v) is 13.9. The Morgan fingerprint density at radius 3 is 2.90 bits per heavy atom. The summed E-state index contributed by atoms with van der Waals surface area (Å²) in [6.07, 6.45) is 4.56. The number of hydrogen-bond donors (Lipinski definition) is 2. The summed E-state index contributed by atoms with van der Waals surface area (Å²) >= 11 is 6.48. The van der Waals surface area contributed by atoms with Crippen molar-refractivity contribution in [1.82, 2.24) is 5.32 Å². The number of aliphatic hydroxyl groups is 1. The highest BCUT2D eigenvalue weighted by molar-refractivity contribution is 6.31. The first-order valence-corrected chi connectivity index (χ1v) is 8.45. The maximum Gasteiger partial charge on any atom is 0.0635 e. The van der Waals surface area contributed by atoms with Crippen LogP contribution in [-0.2, 0) is 0 Å². The largest absolute Gasteiger partial charge is 0.394 e. The Balaban J connectivity index is 2.14. The fourth-order valence-electron chi connectivity index (χ4n) is 3.05. The Morgan fingerprint density at radius 1 is 1.43 bits per heavy atom. The molecule has 0 aromatic heterocycles. The van der Waals surface area contributed by atoms with Crippen LogP contribution in [0.15, 0.2) is 18.2 Å². The van der Waals surface area contributed by atoms with Crippen molar-refractivity contribution >= 4 is 17.3 Å². The number of hydrogen-bond acceptors (Lipinski definition) is 3. The lowest BCUT2D eigenvalue weighted by Crippen LogP contribution is -2.41. The van der Waals surface area contributed by atoms with Gasteiger partial charge in [0.25, 0.3) is 0 Å². The molecule has 2 rings (SSSR count). The minimum Gasteiger partial charge on any atom is -0.394 e. The van der Waals surface area contributed by atoms with Gasteiger partial charge in [-0.1, -0.05) is 24.6 Å². The Labute approximate surface area is 133 Å². The van der Waals surface area contributed by atoms with E-state index in [2.05, 4.69) is 42.3 Å². The molecule has 1 heterocycles. The van der Waals surface area contributed by atoms with Crippen LogP contribution in [-0.4, -0.2) is 30.8 Å². The number of benzene rings is 1. The molecule has 1 aliphatic rings. The lowest BCUT2D eigenvalue weighted by molar-refractivity contribution is 0.240. The third kappa shape index (κ3) is 4.12. The first-order valence-electron chi connectivity index (χ1n) is 8.07. The Kier molecular flexibility index (Phi) is 6.34. The average molecular weight is 311 g/mol. The molecule has 1 aromatic carbocycles. The highest BCUT2D eigenvalue weighted by atomic mass is 35.5. The normalized spacial score (nSPS) is 20.6. The molecule has 1 aromatic rings. The molecule has 0 saturated carbocycles. The quantitative estimate of drug-likeness (QED) is 0.840. The Bertz CT molecular complexity index is 452. The fourth-order valence-corrected chi connectivity index (χ4v) is 3.39. The number of nitrogens with one attached hydrogen (secondary N) is 1. The highest BCUT2D eigenvalue weighted by Gasteiger charge is 2.22. The van der Waals surface area contributed by atoms with Gasteiger partial charge in [-0.3, -0.25) is 0 Å². The minimum absolute atomic E-state index is 0.216. The summed E-state index contributed by atoms with van der Waals surface area (Å²) in [5.74, 6) is 0. The molecule has 0 radical (unpaired) electrons. The molecule has 1 aliphatic heterocycles. The molecule has 118 valence electrons. The van der Waals surface area contributed by atoms with Crippen LogP contribution >= 0.6 is 11.6 Å². The van der Waals surface area contributed by atoms with Crippen molar-refractivity contribution in [3.63, 3.8) is 0 Å². The molecule has 21 heavy (non-hydrogen) atoms. The molecular weight excluding hydrogens is 284 g/mol. The van der Waals surface area contributed by atoms with Crippen LogP contribution in [0.1, 0.15) is 51.1 Å². The summed E-state index contributed by atoms with van der Waals surface area (Å²) in [4.78, 5) is 2.29. The van der Waals surface area contributed by atoms with E-state index in [1.807, 2.05) is 0 Å². The molecule has 3 nitrogen and oxygen atoms in total. The van der Waals surface area contributed by atoms with Gasteiger partial charge in [-0.05, 0) is 56.8 Å². The van der Waals surface area contributed by atoms with E-state index in [0.717, 1.165) is 42.2 Å². The van der Waals surface area contributed by atoms with Crippen molar-refractivity contribution in [2.45, 2.75) is 51.6 Å². The number of anilines is 1. The second kappa shape index (κ2) is 8.02. The second-order valence-electron chi connectivity index (χ2n) is 5.91. The fraction of sp³-hybridized carbons (Fsp3) is 0.647. The summed E-state index contributed by atoms with van der Waals surface area (Å²) in [7, 11) is 0. The van der Waals surface area contributed by atoms with Gasteiger partial charge < -0.3 is 15.3 Å². The van der Waals surface area contributed by atoms with Gasteiger partial charge in [0, 0.05) is 23.3 Å². The molecule has 0 bridgehead atoms. The maximum absolute atomic E-state index is 9.55. The molecule has 0 spiro atoms. The first kappa shape index (κ1) is 16.6. The van der Waals surface area contributed by atoms with E-state index in [1.54, 1.807) is 0 Å². The van der Waals surface area contributed by atoms with Crippen LogP contribution in [0.2, 0.25) is 5.02 Å². The van der Waals surface area contributed by atoms with Crippen molar-refractivity contribution < 1.29 is 5.11 Å². The van der Waals surface area contributed by atoms with Crippen molar-refractivity contribution in [3.8, 4) is 0 Å². The van der Waals surface area contributed by atoms with Gasteiger partial charge in [0.15, 0.2) is 0 Å². The van der Waals surface area contributed by atoms with E-state index in [4.69, 9.17) is 11.6 Å². The molecule has 0 aliphatic carbocycles. The zero-order chi connectivity index (χ0) is 15.2. The summed E-state index contributed by atoms with van der Waals surface area (Å²) < 4.78 is 0. The predicted molar refractivity (Wildman–Crippen MR) is 90.2 cm³/mol. The standard InChI is InChI=1S/C17H27ClN2O/c1-3-9-19-13(2)16-8-7-14(11-17(16)18)20-10-5-4-6-15(20)12-21/h7-8,11,13,15,19,21H,3-6,9-10,12H2,1-2H3. The maximum atomic E-state index is 9.55. The summed E-state index contributed by atoms with van der Waals surface area (Å²) in [5.41, 5.74) is 2.27. The van der Waals surface area contributed by atoms with E-state index in [0.29, 0.717) is 0 Å². The molecule has 1 fully saturated rings. The van der Waals surface area contributed by atoms with E-state index in [-0.39, 0.29) is 18.7 Å². The van der Waals surface area contributed by atoms with Gasteiger partial charge in [-0.25, -0.2) is 0 Å². The summed E-state index contributed by atoms with van der Waals surface area (Å²) in [6, 6.07) is 6.81. The zero-order valence-electron chi connectivity index (χ0n) is 13.1. The smallest absolute Gasteiger partial charge is 0.0635 e. The first-order chi connectivity index (χ1) is 10.2. The number of aliphatic hydroxyl groups excluding tert-OH is 1. The van der Waals surface area contributed by atoms with Gasteiger partial charge >= 0.3 is 0 Å². The van der Waals surface area contributed by atoms with Crippen LogP contribution in [0, 0.1) is 0 Å². The van der Waals surface area contributed by atoms with E-state index >= 15 is 0 Å². The lowest BCUT2D eigenvalue weighted by atomic mass is 10.0.